The Labute approximate surface area is 246 Å². The van der Waals surface area contributed by atoms with Crippen molar-refractivity contribution in [3.8, 4) is 0 Å². The minimum atomic E-state index is -0.445. The largest absolute Gasteiger partial charge is 0.320 e. The minimum Gasteiger partial charge on any atom is -0.320 e. The third-order valence-corrected chi connectivity index (χ3v) is 3.84. The van der Waals surface area contributed by atoms with Gasteiger partial charge in [0, 0.05) is 72.3 Å². The molecule has 0 atom stereocenters. The van der Waals surface area contributed by atoms with E-state index in [-0.39, 0.29) is 71.2 Å². The first-order chi connectivity index (χ1) is 14.1. The molecule has 0 aliphatic carbocycles. The molecule has 0 amide bonds. The van der Waals surface area contributed by atoms with Crippen molar-refractivity contribution in [3.05, 3.63) is 83.6 Å². The molecule has 5 heteroatoms. The van der Waals surface area contributed by atoms with Crippen molar-refractivity contribution in [2.45, 2.75) is 68.2 Å². The second-order valence-electron chi connectivity index (χ2n) is 7.14. The van der Waals surface area contributed by atoms with Gasteiger partial charge in [0.05, 0.1) is 0 Å². The Hall–Kier alpha value is -0.342. The van der Waals surface area contributed by atoms with Gasteiger partial charge in [-0.25, -0.2) is 0 Å². The van der Waals surface area contributed by atoms with Gasteiger partial charge in [0.25, 0.3) is 0 Å². The Morgan fingerprint density at radius 2 is 0.969 bits per heavy atom. The van der Waals surface area contributed by atoms with Gasteiger partial charge >= 0.3 is 0 Å². The van der Waals surface area contributed by atoms with E-state index in [2.05, 4.69) is 53.7 Å². The minimum absolute atomic E-state index is 0. The number of hydrogen-bond acceptors (Lipinski definition) is 3. The molecule has 0 bridgehead atoms. The molecule has 0 spiro atoms. The van der Waals surface area contributed by atoms with Crippen molar-refractivity contribution in [2.24, 2.45) is 0 Å². The summed E-state index contributed by atoms with van der Waals surface area (Å²) < 4.78 is 0. The molecule has 0 heterocycles. The summed E-state index contributed by atoms with van der Waals surface area (Å²) in [5.74, 6) is 2.23. The molecule has 0 aliphatic heterocycles. The summed E-state index contributed by atoms with van der Waals surface area (Å²) in [5, 5.41) is 0. The van der Waals surface area contributed by atoms with Crippen molar-refractivity contribution in [2.75, 3.05) is 0 Å². The van der Waals surface area contributed by atoms with E-state index < -0.39 is 11.6 Å². The van der Waals surface area contributed by atoms with Gasteiger partial charge in [0.2, 0.25) is 5.78 Å². The quantitative estimate of drug-likeness (QED) is 0.216. The molecule has 0 saturated heterocycles. The molecule has 0 fully saturated rings. The van der Waals surface area contributed by atoms with Crippen molar-refractivity contribution in [3.63, 3.8) is 0 Å². The third-order valence-electron chi connectivity index (χ3n) is 3.84. The van der Waals surface area contributed by atoms with Crippen LogP contribution in [0.2, 0.25) is 0 Å². The zero-order chi connectivity index (χ0) is 23.5. The Kier molecular flexibility index (Phi) is 30.7. The number of hydrogen-bond donors (Lipinski definition) is 0. The Morgan fingerprint density at radius 3 is 1.16 bits per heavy atom. The summed E-state index contributed by atoms with van der Waals surface area (Å²) in [4.78, 5) is 32.2. The number of benzene rings is 2. The summed E-state index contributed by atoms with van der Waals surface area (Å²) >= 11 is 0. The topological polar surface area (TPSA) is 51.2 Å². The van der Waals surface area contributed by atoms with Crippen LogP contribution in [-0.4, -0.2) is 17.3 Å². The molecule has 0 aromatic heterocycles. The van der Waals surface area contributed by atoms with Gasteiger partial charge in [0.15, 0.2) is 5.78 Å². The van der Waals surface area contributed by atoms with E-state index in [4.69, 9.17) is 0 Å². The van der Waals surface area contributed by atoms with Crippen LogP contribution in [0.15, 0.2) is 48.5 Å². The first kappa shape index (κ1) is 38.9. The van der Waals surface area contributed by atoms with Crippen molar-refractivity contribution >= 4 is 17.3 Å². The monoisotopic (exact) mass is 586 g/mol. The van der Waals surface area contributed by atoms with Gasteiger partial charge in [-0.15, -0.1) is 0 Å². The van der Waals surface area contributed by atoms with Crippen LogP contribution < -0.4 is 0 Å². The molecular weight excluding hydrogens is 550 g/mol. The van der Waals surface area contributed by atoms with E-state index in [0.717, 1.165) is 5.56 Å². The zero-order valence-corrected chi connectivity index (χ0v) is 26.6. The van der Waals surface area contributed by atoms with Crippen molar-refractivity contribution in [1.82, 2.24) is 0 Å². The van der Waals surface area contributed by atoms with Crippen LogP contribution in [0.4, 0.5) is 0 Å². The summed E-state index contributed by atoms with van der Waals surface area (Å²) in [7, 11) is 0. The van der Waals surface area contributed by atoms with Gasteiger partial charge in [0.1, 0.15) is 5.78 Å². The number of carbonyl (C=O) groups excluding carboxylic acids is 3. The standard InChI is InChI=1S/C9H7O2.C8H7O.2C5H11.2Y/c1-7(10)9(11)8-5-3-2-4-6-8;1-7(9)8-5-3-2-4-6-8;2*1-4-5(2)3;;/h3-6H,1H3;3-6H,1H3;2*4H2,1-3H3;;/q4*-1;;. The van der Waals surface area contributed by atoms with Crippen LogP contribution >= 0.6 is 0 Å². The predicted octanol–water partition coefficient (Wildman–Crippen LogP) is 6.96. The van der Waals surface area contributed by atoms with E-state index >= 15 is 0 Å². The molecule has 2 rings (SSSR count). The van der Waals surface area contributed by atoms with E-state index in [9.17, 15) is 14.4 Å². The molecule has 172 valence electrons. The molecule has 0 aliphatic rings. The Morgan fingerprint density at radius 1 is 0.688 bits per heavy atom. The molecule has 32 heavy (non-hydrogen) atoms. The van der Waals surface area contributed by atoms with Crippen LogP contribution in [0.3, 0.4) is 0 Å². The Balaban J connectivity index is -0.000000170. The molecular formula is C27H36O3Y2-4. The van der Waals surface area contributed by atoms with Crippen LogP contribution in [0.5, 0.6) is 0 Å². The fourth-order valence-corrected chi connectivity index (χ4v) is 1.36. The van der Waals surface area contributed by atoms with E-state index in [0.29, 0.717) is 5.56 Å². The average Bonchev–Trinajstić information content (AvgIpc) is 2.75. The first-order valence-corrected chi connectivity index (χ1v) is 10.1. The SMILES string of the molecule is CC(=O)C(=O)c1cc[c-]cc1.CC(=O)c1cc[c-]cc1.CC[C-](C)C.CC[C-](C)C.[Y].[Y]. The first-order valence-electron chi connectivity index (χ1n) is 10.1. The number of Topliss-reactive ketones (excluding diaryl/α,β-unsaturated/α-hetero) is 3. The van der Waals surface area contributed by atoms with E-state index in [1.807, 2.05) is 0 Å². The third kappa shape index (κ3) is 24.3. The van der Waals surface area contributed by atoms with Gasteiger partial charge in [-0.3, -0.25) is 14.4 Å². The summed E-state index contributed by atoms with van der Waals surface area (Å²) in [6.07, 6.45) is 2.44. The molecule has 2 radical (unpaired) electrons. The summed E-state index contributed by atoms with van der Waals surface area (Å²) in [5.41, 5.74) is 1.17. The fourth-order valence-electron chi connectivity index (χ4n) is 1.36. The Bertz CT molecular complexity index is 704. The predicted molar refractivity (Wildman–Crippen MR) is 125 cm³/mol. The van der Waals surface area contributed by atoms with Crippen LogP contribution in [-0.2, 0) is 70.2 Å². The van der Waals surface area contributed by atoms with Crippen LogP contribution in [0, 0.1) is 24.0 Å². The number of carbonyl (C=O) groups is 3. The van der Waals surface area contributed by atoms with E-state index in [1.165, 1.54) is 31.6 Å². The molecule has 0 unspecified atom stereocenters. The maximum atomic E-state index is 11.0. The average molecular weight is 586 g/mol. The van der Waals surface area contributed by atoms with E-state index in [1.54, 1.807) is 55.5 Å². The van der Waals surface area contributed by atoms with Crippen LogP contribution in [0.25, 0.3) is 0 Å². The molecule has 3 nitrogen and oxygen atoms in total. The van der Waals surface area contributed by atoms with Gasteiger partial charge < -0.3 is 11.8 Å². The maximum absolute atomic E-state index is 11.0. The number of ketones is 3. The number of rotatable bonds is 5. The van der Waals surface area contributed by atoms with Gasteiger partial charge in [-0.1, -0.05) is 25.0 Å². The zero-order valence-electron chi connectivity index (χ0n) is 20.9. The van der Waals surface area contributed by atoms with Gasteiger partial charge in [-0.05, 0) is 6.92 Å². The van der Waals surface area contributed by atoms with Crippen LogP contribution in [0.1, 0.15) is 88.9 Å². The summed E-state index contributed by atoms with van der Waals surface area (Å²) in [6, 6.07) is 18.9. The molecule has 0 N–H and O–H groups in total. The maximum Gasteiger partial charge on any atom is 0.204 e. The summed E-state index contributed by atoms with van der Waals surface area (Å²) in [6.45, 7) is 15.7. The normalized spacial score (nSPS) is 8.69. The van der Waals surface area contributed by atoms with Crippen molar-refractivity contribution in [1.29, 1.82) is 0 Å². The second-order valence-corrected chi connectivity index (χ2v) is 7.14. The van der Waals surface area contributed by atoms with Gasteiger partial charge in [-0.2, -0.15) is 101 Å². The molecule has 2 aromatic carbocycles. The van der Waals surface area contributed by atoms with Crippen molar-refractivity contribution < 1.29 is 79.8 Å². The second kappa shape index (κ2) is 25.3. The molecule has 2 aromatic rings. The molecule has 0 saturated carbocycles. The smallest absolute Gasteiger partial charge is 0.204 e. The fraction of sp³-hybridized carbons (Fsp3) is 0.370.